The van der Waals surface area contributed by atoms with Crippen molar-refractivity contribution in [2.75, 3.05) is 13.6 Å². The van der Waals surface area contributed by atoms with Crippen LogP contribution in [0.3, 0.4) is 0 Å². The molecule has 0 radical (unpaired) electrons. The average Bonchev–Trinajstić information content (AvgIpc) is 2.14. The molecule has 0 saturated heterocycles. The highest BCUT2D eigenvalue weighted by Gasteiger charge is 2.21. The topological polar surface area (TPSA) is 53.0 Å². The molecule has 1 fully saturated rings. The van der Waals surface area contributed by atoms with Crippen molar-refractivity contribution in [1.29, 1.82) is 5.26 Å². The van der Waals surface area contributed by atoms with Crippen LogP contribution < -0.4 is 5.73 Å². The van der Waals surface area contributed by atoms with Crippen molar-refractivity contribution >= 4 is 0 Å². The zero-order chi connectivity index (χ0) is 9.68. The molecular weight excluding hydrogens is 162 g/mol. The van der Waals surface area contributed by atoms with Crippen molar-refractivity contribution in [3.63, 3.8) is 0 Å². The Kier molecular flexibility index (Phi) is 4.20. The summed E-state index contributed by atoms with van der Waals surface area (Å²) in [6.45, 7) is 0.883. The maximum Gasteiger partial charge on any atom is 0.0635 e. The van der Waals surface area contributed by atoms with Crippen LogP contribution in [0.1, 0.15) is 32.1 Å². The fraction of sp³-hybridized carbons (Fsp3) is 0.900. The van der Waals surface area contributed by atoms with Gasteiger partial charge in [0.1, 0.15) is 0 Å². The molecular formula is C10H19N3. The maximum absolute atomic E-state index is 8.46. The summed E-state index contributed by atoms with van der Waals surface area (Å²) in [5.41, 5.74) is 5.90. The Balaban J connectivity index is 2.29. The van der Waals surface area contributed by atoms with Crippen LogP contribution in [0.2, 0.25) is 0 Å². The van der Waals surface area contributed by atoms with Crippen LogP contribution in [0.25, 0.3) is 0 Å². The molecule has 3 heteroatoms. The van der Waals surface area contributed by atoms with Gasteiger partial charge in [-0.1, -0.05) is 6.42 Å². The summed E-state index contributed by atoms with van der Waals surface area (Å²) >= 11 is 0. The van der Waals surface area contributed by atoms with E-state index in [0.717, 1.165) is 13.0 Å². The summed E-state index contributed by atoms with van der Waals surface area (Å²) in [5.74, 6) is 0. The SMILES string of the molecule is CN(CCC#N)C1CCCC(N)C1. The van der Waals surface area contributed by atoms with E-state index in [1.165, 1.54) is 19.3 Å². The molecule has 0 aromatic heterocycles. The zero-order valence-corrected chi connectivity index (χ0v) is 8.37. The first-order valence-corrected chi connectivity index (χ1v) is 5.07. The van der Waals surface area contributed by atoms with E-state index in [9.17, 15) is 0 Å². The second kappa shape index (κ2) is 5.21. The Labute approximate surface area is 80.5 Å². The van der Waals surface area contributed by atoms with Crippen LogP contribution in [-0.4, -0.2) is 30.6 Å². The lowest BCUT2D eigenvalue weighted by atomic mass is 9.91. The van der Waals surface area contributed by atoms with Gasteiger partial charge in [0, 0.05) is 25.0 Å². The monoisotopic (exact) mass is 181 g/mol. The minimum absolute atomic E-state index is 0.378. The van der Waals surface area contributed by atoms with Crippen molar-refractivity contribution in [2.45, 2.75) is 44.2 Å². The van der Waals surface area contributed by atoms with Gasteiger partial charge in [-0.15, -0.1) is 0 Å². The van der Waals surface area contributed by atoms with Gasteiger partial charge in [-0.3, -0.25) is 0 Å². The van der Waals surface area contributed by atoms with E-state index in [1.54, 1.807) is 0 Å². The smallest absolute Gasteiger partial charge is 0.0635 e. The predicted molar refractivity (Wildman–Crippen MR) is 53.1 cm³/mol. The third-order valence-corrected chi connectivity index (χ3v) is 2.89. The fourth-order valence-electron chi connectivity index (χ4n) is 2.01. The summed E-state index contributed by atoms with van der Waals surface area (Å²) in [7, 11) is 2.10. The minimum atomic E-state index is 0.378. The molecule has 0 bridgehead atoms. The normalized spacial score (nSPS) is 28.8. The lowest BCUT2D eigenvalue weighted by Crippen LogP contribution is -2.40. The molecule has 0 amide bonds. The molecule has 1 saturated carbocycles. The van der Waals surface area contributed by atoms with Gasteiger partial charge < -0.3 is 10.6 Å². The lowest BCUT2D eigenvalue weighted by Gasteiger charge is -2.33. The molecule has 1 rings (SSSR count). The van der Waals surface area contributed by atoms with E-state index in [1.807, 2.05) is 0 Å². The summed E-state index contributed by atoms with van der Waals surface area (Å²) in [5, 5.41) is 8.46. The molecule has 0 aliphatic heterocycles. The van der Waals surface area contributed by atoms with Gasteiger partial charge in [0.05, 0.1) is 6.07 Å². The summed E-state index contributed by atoms with van der Waals surface area (Å²) in [6, 6.07) is 3.16. The molecule has 1 aliphatic rings. The number of nitriles is 1. The van der Waals surface area contributed by atoms with Crippen molar-refractivity contribution in [1.82, 2.24) is 4.90 Å². The van der Waals surface area contributed by atoms with Crippen LogP contribution in [0.4, 0.5) is 0 Å². The Morgan fingerprint density at radius 2 is 2.31 bits per heavy atom. The quantitative estimate of drug-likeness (QED) is 0.709. The first-order valence-electron chi connectivity index (χ1n) is 5.07. The van der Waals surface area contributed by atoms with E-state index < -0.39 is 0 Å². The summed E-state index contributed by atoms with van der Waals surface area (Å²) in [4.78, 5) is 2.28. The van der Waals surface area contributed by atoms with Gasteiger partial charge in [0.25, 0.3) is 0 Å². The van der Waals surface area contributed by atoms with E-state index in [2.05, 4.69) is 18.0 Å². The zero-order valence-electron chi connectivity index (χ0n) is 8.37. The highest BCUT2D eigenvalue weighted by atomic mass is 15.1. The average molecular weight is 181 g/mol. The van der Waals surface area contributed by atoms with Crippen molar-refractivity contribution in [2.24, 2.45) is 5.73 Å². The molecule has 0 aromatic carbocycles. The first kappa shape index (κ1) is 10.5. The Morgan fingerprint density at radius 3 is 2.92 bits per heavy atom. The highest BCUT2D eigenvalue weighted by Crippen LogP contribution is 2.20. The van der Waals surface area contributed by atoms with Gasteiger partial charge in [-0.2, -0.15) is 5.26 Å². The predicted octanol–water partition coefficient (Wildman–Crippen LogP) is 1.10. The molecule has 0 heterocycles. The maximum atomic E-state index is 8.46. The molecule has 2 unspecified atom stereocenters. The minimum Gasteiger partial charge on any atom is -0.328 e. The standard InChI is InChI=1S/C10H19N3/c1-13(7-3-6-11)10-5-2-4-9(12)8-10/h9-10H,2-5,7-8,12H2,1H3. The largest absolute Gasteiger partial charge is 0.328 e. The van der Waals surface area contributed by atoms with Gasteiger partial charge in [0.2, 0.25) is 0 Å². The second-order valence-corrected chi connectivity index (χ2v) is 3.97. The Morgan fingerprint density at radius 1 is 1.54 bits per heavy atom. The number of nitrogens with zero attached hydrogens (tertiary/aromatic N) is 2. The fourth-order valence-corrected chi connectivity index (χ4v) is 2.01. The van der Waals surface area contributed by atoms with Crippen LogP contribution in [0.15, 0.2) is 0 Å². The number of hydrogen-bond donors (Lipinski definition) is 1. The Hall–Kier alpha value is -0.590. The van der Waals surface area contributed by atoms with E-state index in [0.29, 0.717) is 18.5 Å². The van der Waals surface area contributed by atoms with Gasteiger partial charge in [-0.05, 0) is 26.3 Å². The molecule has 2 atom stereocenters. The summed E-state index contributed by atoms with van der Waals surface area (Å²) < 4.78 is 0. The van der Waals surface area contributed by atoms with E-state index in [4.69, 9.17) is 11.0 Å². The third-order valence-electron chi connectivity index (χ3n) is 2.89. The van der Waals surface area contributed by atoms with E-state index >= 15 is 0 Å². The highest BCUT2D eigenvalue weighted by molar-refractivity contribution is 4.82. The molecule has 74 valence electrons. The van der Waals surface area contributed by atoms with Crippen molar-refractivity contribution < 1.29 is 0 Å². The van der Waals surface area contributed by atoms with Crippen LogP contribution >= 0.6 is 0 Å². The Bertz CT molecular complexity index is 185. The number of hydrogen-bond acceptors (Lipinski definition) is 3. The number of rotatable bonds is 3. The molecule has 3 nitrogen and oxygen atoms in total. The molecule has 1 aliphatic carbocycles. The second-order valence-electron chi connectivity index (χ2n) is 3.97. The van der Waals surface area contributed by atoms with Crippen molar-refractivity contribution in [3.8, 4) is 6.07 Å². The first-order chi connectivity index (χ1) is 6.24. The van der Waals surface area contributed by atoms with E-state index in [-0.39, 0.29) is 0 Å². The molecule has 13 heavy (non-hydrogen) atoms. The van der Waals surface area contributed by atoms with Gasteiger partial charge in [0.15, 0.2) is 0 Å². The van der Waals surface area contributed by atoms with Crippen molar-refractivity contribution in [3.05, 3.63) is 0 Å². The lowest BCUT2D eigenvalue weighted by molar-refractivity contribution is 0.183. The molecule has 0 spiro atoms. The molecule has 2 N–H and O–H groups in total. The molecule has 0 aromatic rings. The van der Waals surface area contributed by atoms with Crippen LogP contribution in [-0.2, 0) is 0 Å². The summed E-state index contributed by atoms with van der Waals surface area (Å²) in [6.07, 6.45) is 5.38. The van der Waals surface area contributed by atoms with Gasteiger partial charge >= 0.3 is 0 Å². The van der Waals surface area contributed by atoms with Crippen LogP contribution in [0, 0.1) is 11.3 Å². The third kappa shape index (κ3) is 3.33. The van der Waals surface area contributed by atoms with Gasteiger partial charge in [-0.25, -0.2) is 0 Å². The van der Waals surface area contributed by atoms with Crippen LogP contribution in [0.5, 0.6) is 0 Å². The number of nitrogens with two attached hydrogens (primary N) is 1.